The number of hydrogen-bond donors (Lipinski definition) is 1. The Bertz CT molecular complexity index is 203. The highest BCUT2D eigenvalue weighted by Crippen LogP contribution is 2.17. The molecule has 0 aromatic heterocycles. The Balaban J connectivity index is 2.42. The van der Waals surface area contributed by atoms with Gasteiger partial charge in [0.1, 0.15) is 12.5 Å². The zero-order valence-electron chi connectivity index (χ0n) is 9.93. The molecule has 0 bridgehead atoms. The minimum absolute atomic E-state index is 0.346. The third-order valence-electron chi connectivity index (χ3n) is 2.25. The lowest BCUT2D eigenvalue weighted by Crippen LogP contribution is -2.36. The molecular formula is C11H23N3. The van der Waals surface area contributed by atoms with Crippen molar-refractivity contribution in [1.29, 1.82) is 0 Å². The molecular weight excluding hydrogens is 174 g/mol. The molecule has 1 aliphatic heterocycles. The summed E-state index contributed by atoms with van der Waals surface area (Å²) in [6.07, 6.45) is 3.59. The van der Waals surface area contributed by atoms with E-state index < -0.39 is 0 Å². The summed E-state index contributed by atoms with van der Waals surface area (Å²) in [6, 6.07) is 0. The molecule has 0 aromatic carbocycles. The number of hydrazone groups is 1. The van der Waals surface area contributed by atoms with Crippen LogP contribution in [0.1, 0.15) is 47.0 Å². The van der Waals surface area contributed by atoms with Crippen molar-refractivity contribution in [2.75, 3.05) is 13.2 Å². The van der Waals surface area contributed by atoms with Crippen LogP contribution in [-0.2, 0) is 0 Å². The second-order valence-corrected chi connectivity index (χ2v) is 5.21. The molecule has 3 nitrogen and oxygen atoms in total. The van der Waals surface area contributed by atoms with Crippen molar-refractivity contribution >= 4 is 5.84 Å². The summed E-state index contributed by atoms with van der Waals surface area (Å²) in [5, 5.41) is 4.33. The number of hydrogen-bond acceptors (Lipinski definition) is 3. The molecule has 1 heterocycles. The maximum atomic E-state index is 4.33. The van der Waals surface area contributed by atoms with Crippen LogP contribution in [0.5, 0.6) is 0 Å². The first-order chi connectivity index (χ1) is 6.53. The predicted octanol–water partition coefficient (Wildman–Crippen LogP) is 2.40. The molecule has 0 spiro atoms. The van der Waals surface area contributed by atoms with Gasteiger partial charge in [-0.15, -0.1) is 0 Å². The summed E-state index contributed by atoms with van der Waals surface area (Å²) in [5.74, 6) is 1.24. The van der Waals surface area contributed by atoms with E-state index in [0.717, 1.165) is 19.6 Å². The Kier molecular flexibility index (Phi) is 3.78. The Morgan fingerprint density at radius 1 is 1.43 bits per heavy atom. The van der Waals surface area contributed by atoms with Gasteiger partial charge in [-0.2, -0.15) is 5.10 Å². The topological polar surface area (TPSA) is 27.6 Å². The lowest BCUT2D eigenvalue weighted by molar-refractivity contribution is 0.276. The van der Waals surface area contributed by atoms with Crippen LogP contribution < -0.4 is 5.43 Å². The highest BCUT2D eigenvalue weighted by atomic mass is 15.5. The van der Waals surface area contributed by atoms with Gasteiger partial charge in [0, 0.05) is 13.0 Å². The van der Waals surface area contributed by atoms with Crippen LogP contribution in [0.2, 0.25) is 0 Å². The van der Waals surface area contributed by atoms with Gasteiger partial charge in [0.25, 0.3) is 0 Å². The van der Waals surface area contributed by atoms with Gasteiger partial charge in [-0.3, -0.25) is 5.43 Å². The van der Waals surface area contributed by atoms with E-state index in [9.17, 15) is 0 Å². The highest BCUT2D eigenvalue weighted by molar-refractivity contribution is 5.83. The van der Waals surface area contributed by atoms with Crippen LogP contribution in [0, 0.1) is 5.41 Å². The second-order valence-electron chi connectivity index (χ2n) is 5.21. The SMILES string of the molecule is CCCCC1=NNCN1CC(C)(C)C. The minimum atomic E-state index is 0.346. The maximum absolute atomic E-state index is 4.33. The van der Waals surface area contributed by atoms with E-state index in [1.54, 1.807) is 0 Å². The molecule has 0 aliphatic carbocycles. The third-order valence-corrected chi connectivity index (χ3v) is 2.25. The summed E-state index contributed by atoms with van der Waals surface area (Å²) in [4.78, 5) is 2.36. The quantitative estimate of drug-likeness (QED) is 0.749. The van der Waals surface area contributed by atoms with E-state index in [0.29, 0.717) is 5.41 Å². The number of nitrogens with zero attached hydrogens (tertiary/aromatic N) is 2. The van der Waals surface area contributed by atoms with Gasteiger partial charge in [0.05, 0.1) is 0 Å². The zero-order valence-corrected chi connectivity index (χ0v) is 9.93. The largest absolute Gasteiger partial charge is 0.339 e. The summed E-state index contributed by atoms with van der Waals surface area (Å²) in [5.41, 5.74) is 3.41. The molecule has 14 heavy (non-hydrogen) atoms. The average molecular weight is 197 g/mol. The first-order valence-electron chi connectivity index (χ1n) is 5.57. The van der Waals surface area contributed by atoms with Crippen molar-refractivity contribution in [3.05, 3.63) is 0 Å². The summed E-state index contributed by atoms with van der Waals surface area (Å²) in [7, 11) is 0. The fourth-order valence-electron chi connectivity index (χ4n) is 1.64. The van der Waals surface area contributed by atoms with Crippen LogP contribution in [0.3, 0.4) is 0 Å². The van der Waals surface area contributed by atoms with E-state index in [4.69, 9.17) is 0 Å². The number of amidine groups is 1. The molecule has 82 valence electrons. The van der Waals surface area contributed by atoms with Crippen molar-refractivity contribution in [2.24, 2.45) is 10.5 Å². The molecule has 0 amide bonds. The molecule has 0 aromatic rings. The predicted molar refractivity (Wildman–Crippen MR) is 61.1 cm³/mol. The molecule has 0 radical (unpaired) electrons. The van der Waals surface area contributed by atoms with Crippen LogP contribution in [-0.4, -0.2) is 23.9 Å². The molecule has 1 N–H and O–H groups in total. The standard InChI is InChI=1S/C11H23N3/c1-5-6-7-10-13-12-9-14(10)8-11(2,3)4/h12H,5-9H2,1-4H3. The van der Waals surface area contributed by atoms with Crippen LogP contribution >= 0.6 is 0 Å². The summed E-state index contributed by atoms with van der Waals surface area (Å²) >= 11 is 0. The second kappa shape index (κ2) is 4.67. The Morgan fingerprint density at radius 3 is 2.71 bits per heavy atom. The van der Waals surface area contributed by atoms with E-state index >= 15 is 0 Å². The van der Waals surface area contributed by atoms with Crippen LogP contribution in [0.15, 0.2) is 5.10 Å². The first kappa shape index (κ1) is 11.3. The number of nitrogens with one attached hydrogen (secondary N) is 1. The van der Waals surface area contributed by atoms with E-state index in [1.165, 1.54) is 18.7 Å². The summed E-state index contributed by atoms with van der Waals surface area (Å²) in [6.45, 7) is 11.0. The lowest BCUT2D eigenvalue weighted by atomic mass is 9.96. The van der Waals surface area contributed by atoms with Gasteiger partial charge >= 0.3 is 0 Å². The maximum Gasteiger partial charge on any atom is 0.126 e. The van der Waals surface area contributed by atoms with Gasteiger partial charge in [0.2, 0.25) is 0 Å². The van der Waals surface area contributed by atoms with Gasteiger partial charge in [0.15, 0.2) is 0 Å². The van der Waals surface area contributed by atoms with E-state index in [1.807, 2.05) is 0 Å². The molecule has 0 saturated heterocycles. The zero-order chi connectivity index (χ0) is 10.6. The molecule has 0 atom stereocenters. The van der Waals surface area contributed by atoms with Gasteiger partial charge in [-0.05, 0) is 11.8 Å². The fraction of sp³-hybridized carbons (Fsp3) is 0.909. The monoisotopic (exact) mass is 197 g/mol. The number of rotatable bonds is 4. The molecule has 0 fully saturated rings. The normalized spacial score (nSPS) is 16.9. The fourth-order valence-corrected chi connectivity index (χ4v) is 1.64. The molecule has 1 aliphatic rings. The van der Waals surface area contributed by atoms with Crippen molar-refractivity contribution < 1.29 is 0 Å². The smallest absolute Gasteiger partial charge is 0.126 e. The molecule has 0 saturated carbocycles. The van der Waals surface area contributed by atoms with Crippen molar-refractivity contribution in [3.8, 4) is 0 Å². The number of unbranched alkanes of at least 4 members (excludes halogenated alkanes) is 1. The van der Waals surface area contributed by atoms with Crippen LogP contribution in [0.25, 0.3) is 0 Å². The third kappa shape index (κ3) is 3.56. The minimum Gasteiger partial charge on any atom is -0.339 e. The Hall–Kier alpha value is -0.730. The van der Waals surface area contributed by atoms with Gasteiger partial charge in [-0.25, -0.2) is 0 Å². The van der Waals surface area contributed by atoms with Crippen LogP contribution in [0.4, 0.5) is 0 Å². The Labute approximate surface area is 87.6 Å². The van der Waals surface area contributed by atoms with E-state index in [2.05, 4.69) is 43.1 Å². The Morgan fingerprint density at radius 2 is 2.14 bits per heavy atom. The van der Waals surface area contributed by atoms with Gasteiger partial charge < -0.3 is 4.90 Å². The molecule has 0 unspecified atom stereocenters. The van der Waals surface area contributed by atoms with Gasteiger partial charge in [-0.1, -0.05) is 34.1 Å². The molecule has 1 rings (SSSR count). The van der Waals surface area contributed by atoms with Crippen molar-refractivity contribution in [2.45, 2.75) is 47.0 Å². The van der Waals surface area contributed by atoms with E-state index in [-0.39, 0.29) is 0 Å². The first-order valence-corrected chi connectivity index (χ1v) is 5.57. The van der Waals surface area contributed by atoms with Crippen molar-refractivity contribution in [3.63, 3.8) is 0 Å². The van der Waals surface area contributed by atoms with Crippen molar-refractivity contribution in [1.82, 2.24) is 10.3 Å². The average Bonchev–Trinajstić information content (AvgIpc) is 2.45. The highest BCUT2D eigenvalue weighted by Gasteiger charge is 2.21. The summed E-state index contributed by atoms with van der Waals surface area (Å²) < 4.78 is 0. The lowest BCUT2D eigenvalue weighted by Gasteiger charge is -2.27. The molecule has 3 heteroatoms.